The normalized spacial score (nSPS) is 12.7. The highest BCUT2D eigenvalue weighted by molar-refractivity contribution is 6.05. The van der Waals surface area contributed by atoms with Crippen molar-refractivity contribution in [2.24, 2.45) is 5.73 Å². The molecule has 2 aromatic rings. The highest BCUT2D eigenvalue weighted by atomic mass is 16.1. The first-order valence-corrected chi connectivity index (χ1v) is 6.60. The topological polar surface area (TPSA) is 80.0 Å². The molecule has 1 aromatic heterocycles. The number of pyridine rings is 1. The number of nitrogens with one attached hydrogen (secondary N) is 2. The Kier molecular flexibility index (Phi) is 3.35. The third-order valence-corrected chi connectivity index (χ3v) is 3.42. The second-order valence-corrected chi connectivity index (χ2v) is 4.72. The monoisotopic (exact) mass is 268 g/mol. The van der Waals surface area contributed by atoms with Gasteiger partial charge in [0.15, 0.2) is 0 Å². The fourth-order valence-corrected chi connectivity index (χ4v) is 2.31. The number of hydrogen-bond acceptors (Lipinski definition) is 4. The minimum Gasteiger partial charge on any atom is -0.369 e. The zero-order chi connectivity index (χ0) is 13.9. The van der Waals surface area contributed by atoms with Crippen LogP contribution in [-0.4, -0.2) is 17.4 Å². The molecule has 1 aliphatic heterocycles. The van der Waals surface area contributed by atoms with Crippen molar-refractivity contribution in [1.82, 2.24) is 4.98 Å². The van der Waals surface area contributed by atoms with Crippen molar-refractivity contribution >= 4 is 17.4 Å². The summed E-state index contributed by atoms with van der Waals surface area (Å²) in [6.07, 6.45) is 2.58. The van der Waals surface area contributed by atoms with Gasteiger partial charge in [0, 0.05) is 36.1 Å². The number of anilines is 2. The fourth-order valence-electron chi connectivity index (χ4n) is 2.31. The maximum absolute atomic E-state index is 12.2. The Balaban J connectivity index is 1.80. The predicted octanol–water partition coefficient (Wildman–Crippen LogP) is 1.76. The van der Waals surface area contributed by atoms with Crippen molar-refractivity contribution < 1.29 is 4.79 Å². The van der Waals surface area contributed by atoms with Crippen molar-refractivity contribution in [2.45, 2.75) is 13.0 Å². The smallest absolute Gasteiger partial charge is 0.255 e. The average molecular weight is 268 g/mol. The van der Waals surface area contributed by atoms with E-state index in [4.69, 9.17) is 5.73 Å². The van der Waals surface area contributed by atoms with Crippen molar-refractivity contribution in [3.63, 3.8) is 0 Å². The average Bonchev–Trinajstić information content (AvgIpc) is 2.97. The first-order valence-electron chi connectivity index (χ1n) is 6.60. The molecule has 5 heteroatoms. The molecule has 102 valence electrons. The van der Waals surface area contributed by atoms with Gasteiger partial charge in [0.2, 0.25) is 0 Å². The highest BCUT2D eigenvalue weighted by Gasteiger charge is 2.17. The van der Waals surface area contributed by atoms with Crippen LogP contribution in [0.3, 0.4) is 0 Å². The van der Waals surface area contributed by atoms with Gasteiger partial charge in [-0.2, -0.15) is 0 Å². The molecule has 0 radical (unpaired) electrons. The number of carbonyl (C=O) groups is 1. The number of rotatable bonds is 3. The van der Waals surface area contributed by atoms with Crippen LogP contribution >= 0.6 is 0 Å². The van der Waals surface area contributed by atoms with Gasteiger partial charge in [-0.15, -0.1) is 0 Å². The molecule has 1 aliphatic rings. The fraction of sp³-hybridized carbons (Fsp3) is 0.200. The summed E-state index contributed by atoms with van der Waals surface area (Å²) < 4.78 is 0. The second-order valence-electron chi connectivity index (χ2n) is 4.72. The number of hydrogen-bond donors (Lipinski definition) is 3. The van der Waals surface area contributed by atoms with Gasteiger partial charge < -0.3 is 16.4 Å². The standard InChI is InChI=1S/C15H16N4O/c16-9-10-1-3-11(4-2-10)15(20)19-13-6-8-18-14-12(13)5-7-17-14/h1-4,6,8H,5,7,9,16H2,(H2,17,18,19,20). The van der Waals surface area contributed by atoms with Gasteiger partial charge in [0.1, 0.15) is 5.82 Å². The number of nitrogens with two attached hydrogens (primary N) is 1. The van der Waals surface area contributed by atoms with Crippen molar-refractivity contribution in [1.29, 1.82) is 0 Å². The number of aromatic nitrogens is 1. The maximum Gasteiger partial charge on any atom is 0.255 e. The van der Waals surface area contributed by atoms with Crippen LogP contribution in [0, 0.1) is 0 Å². The summed E-state index contributed by atoms with van der Waals surface area (Å²) in [5.41, 5.74) is 9.08. The number of carbonyl (C=O) groups excluding carboxylic acids is 1. The molecule has 20 heavy (non-hydrogen) atoms. The minimum absolute atomic E-state index is 0.117. The van der Waals surface area contributed by atoms with Gasteiger partial charge >= 0.3 is 0 Å². The Morgan fingerprint density at radius 1 is 1.30 bits per heavy atom. The third-order valence-electron chi connectivity index (χ3n) is 3.42. The van der Waals surface area contributed by atoms with Gasteiger partial charge in [-0.3, -0.25) is 4.79 Å². The van der Waals surface area contributed by atoms with E-state index in [1.165, 1.54) is 0 Å². The van der Waals surface area contributed by atoms with Crippen LogP contribution in [0.25, 0.3) is 0 Å². The molecular formula is C15H16N4O. The Morgan fingerprint density at radius 3 is 2.85 bits per heavy atom. The van der Waals surface area contributed by atoms with E-state index in [1.807, 2.05) is 18.2 Å². The molecule has 2 heterocycles. The molecule has 0 spiro atoms. The number of benzene rings is 1. The van der Waals surface area contributed by atoms with Crippen LogP contribution in [0.4, 0.5) is 11.5 Å². The summed E-state index contributed by atoms with van der Waals surface area (Å²) in [4.78, 5) is 16.5. The Bertz CT molecular complexity index is 637. The van der Waals surface area contributed by atoms with E-state index in [-0.39, 0.29) is 5.91 Å². The SMILES string of the molecule is NCc1ccc(C(=O)Nc2ccnc3c2CCN3)cc1. The van der Waals surface area contributed by atoms with Crippen molar-refractivity contribution in [2.75, 3.05) is 17.2 Å². The molecule has 0 atom stereocenters. The Morgan fingerprint density at radius 2 is 2.10 bits per heavy atom. The van der Waals surface area contributed by atoms with Crippen LogP contribution < -0.4 is 16.4 Å². The molecule has 0 saturated heterocycles. The molecule has 0 unspecified atom stereocenters. The summed E-state index contributed by atoms with van der Waals surface area (Å²) in [5.74, 6) is 0.746. The molecule has 1 aromatic carbocycles. The highest BCUT2D eigenvalue weighted by Crippen LogP contribution is 2.27. The van der Waals surface area contributed by atoms with Crippen LogP contribution in [-0.2, 0) is 13.0 Å². The molecule has 1 amide bonds. The molecule has 0 fully saturated rings. The zero-order valence-electron chi connectivity index (χ0n) is 11.0. The maximum atomic E-state index is 12.2. The van der Waals surface area contributed by atoms with E-state index in [2.05, 4.69) is 15.6 Å². The largest absolute Gasteiger partial charge is 0.369 e. The lowest BCUT2D eigenvalue weighted by atomic mass is 10.1. The van der Waals surface area contributed by atoms with Gasteiger partial charge in [-0.05, 0) is 30.2 Å². The Hall–Kier alpha value is -2.40. The zero-order valence-corrected chi connectivity index (χ0v) is 11.0. The molecule has 5 nitrogen and oxygen atoms in total. The molecule has 3 rings (SSSR count). The van der Waals surface area contributed by atoms with E-state index in [0.29, 0.717) is 12.1 Å². The van der Waals surface area contributed by atoms with Gasteiger partial charge in [0.25, 0.3) is 5.91 Å². The van der Waals surface area contributed by atoms with Crippen LogP contribution in [0.2, 0.25) is 0 Å². The second kappa shape index (κ2) is 5.30. The first-order chi connectivity index (χ1) is 9.78. The molecule has 0 bridgehead atoms. The van der Waals surface area contributed by atoms with E-state index < -0.39 is 0 Å². The van der Waals surface area contributed by atoms with Gasteiger partial charge in [-0.25, -0.2) is 4.98 Å². The molecular weight excluding hydrogens is 252 g/mol. The lowest BCUT2D eigenvalue weighted by molar-refractivity contribution is 0.102. The minimum atomic E-state index is -0.117. The Labute approximate surface area is 117 Å². The summed E-state index contributed by atoms with van der Waals surface area (Å²) in [6, 6.07) is 9.15. The first kappa shape index (κ1) is 12.6. The lowest BCUT2D eigenvalue weighted by Crippen LogP contribution is -2.13. The molecule has 0 saturated carbocycles. The summed E-state index contributed by atoms with van der Waals surface area (Å²) >= 11 is 0. The van der Waals surface area contributed by atoms with Crippen molar-refractivity contribution in [3.8, 4) is 0 Å². The lowest BCUT2D eigenvalue weighted by Gasteiger charge is -2.09. The van der Waals surface area contributed by atoms with E-state index in [9.17, 15) is 4.79 Å². The number of amides is 1. The van der Waals surface area contributed by atoms with E-state index >= 15 is 0 Å². The summed E-state index contributed by atoms with van der Waals surface area (Å²) in [6.45, 7) is 1.34. The van der Waals surface area contributed by atoms with Gasteiger partial charge in [0.05, 0.1) is 0 Å². The number of nitrogens with zero attached hydrogens (tertiary/aromatic N) is 1. The van der Waals surface area contributed by atoms with Crippen LogP contribution in [0.1, 0.15) is 21.5 Å². The summed E-state index contributed by atoms with van der Waals surface area (Å²) in [7, 11) is 0. The number of fused-ring (bicyclic) bond motifs is 1. The van der Waals surface area contributed by atoms with Crippen molar-refractivity contribution in [3.05, 3.63) is 53.2 Å². The summed E-state index contributed by atoms with van der Waals surface area (Å²) in [5, 5.41) is 6.14. The quantitative estimate of drug-likeness (QED) is 0.792. The predicted molar refractivity (Wildman–Crippen MR) is 78.7 cm³/mol. The molecule has 4 N–H and O–H groups in total. The van der Waals surface area contributed by atoms with E-state index in [0.717, 1.165) is 35.6 Å². The molecule has 0 aliphatic carbocycles. The van der Waals surface area contributed by atoms with E-state index in [1.54, 1.807) is 18.3 Å². The van der Waals surface area contributed by atoms with Gasteiger partial charge in [-0.1, -0.05) is 12.1 Å². The van der Waals surface area contributed by atoms with Crippen LogP contribution in [0.15, 0.2) is 36.5 Å². The van der Waals surface area contributed by atoms with Crippen LogP contribution in [0.5, 0.6) is 0 Å². The third kappa shape index (κ3) is 2.35.